The Hall–Kier alpha value is -3.54. The fourth-order valence-electron chi connectivity index (χ4n) is 3.16. The van der Waals surface area contributed by atoms with Crippen LogP contribution in [-0.4, -0.2) is 30.6 Å². The van der Waals surface area contributed by atoms with Gasteiger partial charge < -0.3 is 20.1 Å². The van der Waals surface area contributed by atoms with Gasteiger partial charge in [-0.1, -0.05) is 30.3 Å². The normalized spacial score (nSPS) is 12.3. The molecule has 2 aromatic carbocycles. The van der Waals surface area contributed by atoms with Crippen LogP contribution in [0.25, 0.3) is 0 Å². The van der Waals surface area contributed by atoms with Gasteiger partial charge in [-0.05, 0) is 36.6 Å². The monoisotopic (exact) mass is 389 g/mol. The molecule has 0 spiro atoms. The van der Waals surface area contributed by atoms with E-state index in [1.807, 2.05) is 36.4 Å². The lowest BCUT2D eigenvalue weighted by Gasteiger charge is -2.19. The summed E-state index contributed by atoms with van der Waals surface area (Å²) in [5.41, 5.74) is 3.37. The molecule has 1 aliphatic heterocycles. The minimum atomic E-state index is -0.128. The van der Waals surface area contributed by atoms with Gasteiger partial charge in [0.15, 0.2) is 11.5 Å². The van der Waals surface area contributed by atoms with Gasteiger partial charge in [-0.2, -0.15) is 0 Å². The largest absolute Gasteiger partial charge is 0.486 e. The lowest BCUT2D eigenvalue weighted by molar-refractivity contribution is 0.0953. The molecule has 0 unspecified atom stereocenters. The van der Waals surface area contributed by atoms with Crippen molar-refractivity contribution < 1.29 is 14.3 Å². The highest BCUT2D eigenvalue weighted by atomic mass is 16.6. The van der Waals surface area contributed by atoms with Crippen LogP contribution < -0.4 is 20.1 Å². The van der Waals surface area contributed by atoms with Crippen molar-refractivity contribution in [3.05, 3.63) is 78.1 Å². The number of aromatic nitrogens is 1. The first-order valence-electron chi connectivity index (χ1n) is 9.72. The molecule has 0 aliphatic carbocycles. The zero-order valence-electron chi connectivity index (χ0n) is 16.1. The van der Waals surface area contributed by atoms with Crippen LogP contribution in [0.15, 0.2) is 67.0 Å². The van der Waals surface area contributed by atoms with Crippen molar-refractivity contribution in [2.45, 2.75) is 12.8 Å². The van der Waals surface area contributed by atoms with Crippen LogP contribution in [0.4, 0.5) is 11.4 Å². The number of carbonyl (C=O) groups excluding carboxylic acids is 1. The summed E-state index contributed by atoms with van der Waals surface area (Å²) in [6.45, 7) is 1.72. The van der Waals surface area contributed by atoms with E-state index in [2.05, 4.69) is 27.8 Å². The van der Waals surface area contributed by atoms with E-state index in [-0.39, 0.29) is 5.91 Å². The number of nitrogens with zero attached hydrogens (tertiary/aromatic N) is 1. The number of anilines is 2. The van der Waals surface area contributed by atoms with E-state index in [1.54, 1.807) is 18.5 Å². The maximum Gasteiger partial charge on any atom is 0.252 e. The molecule has 1 aromatic heterocycles. The summed E-state index contributed by atoms with van der Waals surface area (Å²) in [7, 11) is 0. The molecule has 0 bridgehead atoms. The van der Waals surface area contributed by atoms with E-state index in [0.29, 0.717) is 31.1 Å². The molecule has 0 saturated carbocycles. The first kappa shape index (κ1) is 18.8. The molecule has 6 heteroatoms. The molecule has 6 nitrogen and oxygen atoms in total. The Bertz CT molecular complexity index is 976. The van der Waals surface area contributed by atoms with E-state index in [1.165, 1.54) is 5.56 Å². The third kappa shape index (κ3) is 5.04. The number of amides is 1. The van der Waals surface area contributed by atoms with Gasteiger partial charge in [0.25, 0.3) is 5.91 Å². The SMILES string of the molecule is O=C(NCCCc1ccccc1)c1cncc(Nc2ccc3c(c2)OCCO3)c1. The minimum absolute atomic E-state index is 0.128. The van der Waals surface area contributed by atoms with Crippen LogP contribution in [0, 0.1) is 0 Å². The summed E-state index contributed by atoms with van der Waals surface area (Å²) in [5, 5.41) is 6.22. The Morgan fingerprint density at radius 3 is 2.62 bits per heavy atom. The third-order valence-electron chi connectivity index (χ3n) is 4.60. The molecule has 0 radical (unpaired) electrons. The summed E-state index contributed by atoms with van der Waals surface area (Å²) < 4.78 is 11.1. The van der Waals surface area contributed by atoms with Gasteiger partial charge in [0, 0.05) is 24.5 Å². The highest BCUT2D eigenvalue weighted by Crippen LogP contribution is 2.33. The van der Waals surface area contributed by atoms with Crippen LogP contribution >= 0.6 is 0 Å². The van der Waals surface area contributed by atoms with E-state index >= 15 is 0 Å². The van der Waals surface area contributed by atoms with Gasteiger partial charge in [0.2, 0.25) is 0 Å². The number of carbonyl (C=O) groups is 1. The second kappa shape index (κ2) is 9.10. The van der Waals surface area contributed by atoms with Gasteiger partial charge in [-0.3, -0.25) is 9.78 Å². The van der Waals surface area contributed by atoms with Crippen molar-refractivity contribution in [2.24, 2.45) is 0 Å². The molecule has 148 valence electrons. The Morgan fingerprint density at radius 2 is 1.76 bits per heavy atom. The minimum Gasteiger partial charge on any atom is -0.486 e. The second-order valence-electron chi connectivity index (χ2n) is 6.79. The second-order valence-corrected chi connectivity index (χ2v) is 6.79. The predicted octanol–water partition coefficient (Wildman–Crippen LogP) is 3.96. The first-order chi connectivity index (χ1) is 14.3. The van der Waals surface area contributed by atoms with Crippen LogP contribution in [0.2, 0.25) is 0 Å². The maximum atomic E-state index is 12.4. The van der Waals surface area contributed by atoms with Gasteiger partial charge in [-0.25, -0.2) is 0 Å². The average molecular weight is 389 g/mol. The summed E-state index contributed by atoms with van der Waals surface area (Å²) in [6, 6.07) is 17.7. The van der Waals surface area contributed by atoms with Crippen molar-refractivity contribution in [1.82, 2.24) is 10.3 Å². The van der Waals surface area contributed by atoms with Gasteiger partial charge in [0.1, 0.15) is 13.2 Å². The number of rotatable bonds is 7. The molecule has 4 rings (SSSR count). The van der Waals surface area contributed by atoms with Gasteiger partial charge >= 0.3 is 0 Å². The zero-order valence-corrected chi connectivity index (χ0v) is 16.1. The van der Waals surface area contributed by atoms with Crippen LogP contribution in [0.5, 0.6) is 11.5 Å². The summed E-state index contributed by atoms with van der Waals surface area (Å²) in [5.74, 6) is 1.32. The van der Waals surface area contributed by atoms with Crippen molar-refractivity contribution in [3.63, 3.8) is 0 Å². The van der Waals surface area contributed by atoms with Crippen molar-refractivity contribution >= 4 is 17.3 Å². The molecule has 2 N–H and O–H groups in total. The number of hydrogen-bond donors (Lipinski definition) is 2. The predicted molar refractivity (Wildman–Crippen MR) is 112 cm³/mol. The van der Waals surface area contributed by atoms with Gasteiger partial charge in [-0.15, -0.1) is 0 Å². The molecule has 1 aliphatic rings. The fourth-order valence-corrected chi connectivity index (χ4v) is 3.16. The molecule has 1 amide bonds. The number of ether oxygens (including phenoxy) is 2. The van der Waals surface area contributed by atoms with E-state index in [0.717, 1.165) is 30.0 Å². The fraction of sp³-hybridized carbons (Fsp3) is 0.217. The van der Waals surface area contributed by atoms with E-state index in [9.17, 15) is 4.79 Å². The molecular weight excluding hydrogens is 366 g/mol. The van der Waals surface area contributed by atoms with E-state index < -0.39 is 0 Å². The number of pyridine rings is 1. The Morgan fingerprint density at radius 1 is 0.931 bits per heavy atom. The van der Waals surface area contributed by atoms with Crippen LogP contribution in [0.1, 0.15) is 22.3 Å². The topological polar surface area (TPSA) is 72.5 Å². The number of fused-ring (bicyclic) bond motifs is 1. The first-order valence-corrected chi connectivity index (χ1v) is 9.72. The van der Waals surface area contributed by atoms with Crippen molar-refractivity contribution in [3.8, 4) is 11.5 Å². The highest BCUT2D eigenvalue weighted by Gasteiger charge is 2.12. The molecule has 0 fully saturated rings. The maximum absolute atomic E-state index is 12.4. The summed E-state index contributed by atoms with van der Waals surface area (Å²) >= 11 is 0. The Kier molecular flexibility index (Phi) is 5.90. The average Bonchev–Trinajstić information content (AvgIpc) is 2.77. The van der Waals surface area contributed by atoms with Crippen molar-refractivity contribution in [1.29, 1.82) is 0 Å². The molecule has 0 atom stereocenters. The van der Waals surface area contributed by atoms with Crippen LogP contribution in [0.3, 0.4) is 0 Å². The van der Waals surface area contributed by atoms with Crippen molar-refractivity contribution in [2.75, 3.05) is 25.1 Å². The Labute approximate surface area is 169 Å². The number of aryl methyl sites for hydroxylation is 1. The number of nitrogens with one attached hydrogen (secondary N) is 2. The molecule has 3 aromatic rings. The summed E-state index contributed by atoms with van der Waals surface area (Å²) in [4.78, 5) is 16.6. The zero-order chi connectivity index (χ0) is 19.9. The number of hydrogen-bond acceptors (Lipinski definition) is 5. The van der Waals surface area contributed by atoms with E-state index in [4.69, 9.17) is 9.47 Å². The molecule has 0 saturated heterocycles. The Balaban J connectivity index is 1.32. The quantitative estimate of drug-likeness (QED) is 0.599. The van der Waals surface area contributed by atoms with Crippen LogP contribution in [-0.2, 0) is 6.42 Å². The number of benzene rings is 2. The lowest BCUT2D eigenvalue weighted by Crippen LogP contribution is -2.25. The smallest absolute Gasteiger partial charge is 0.252 e. The highest BCUT2D eigenvalue weighted by molar-refractivity contribution is 5.94. The van der Waals surface area contributed by atoms with Gasteiger partial charge in [0.05, 0.1) is 17.4 Å². The molecule has 2 heterocycles. The standard InChI is InChI=1S/C23H23N3O3/c27-23(25-10-4-7-17-5-2-1-3-6-17)18-13-20(16-24-15-18)26-19-8-9-21-22(14-19)29-12-11-28-21/h1-3,5-6,8-9,13-16,26H,4,7,10-12H2,(H,25,27). The molecular formula is C23H23N3O3. The lowest BCUT2D eigenvalue weighted by atomic mass is 10.1. The molecule has 29 heavy (non-hydrogen) atoms. The summed E-state index contributed by atoms with van der Waals surface area (Å²) in [6.07, 6.45) is 5.08. The third-order valence-corrected chi connectivity index (χ3v) is 4.60.